The van der Waals surface area contributed by atoms with E-state index in [0.29, 0.717) is 6.42 Å². The summed E-state index contributed by atoms with van der Waals surface area (Å²) >= 11 is 0. The van der Waals surface area contributed by atoms with Crippen molar-refractivity contribution >= 4 is 11.9 Å². The smallest absolute Gasteiger partial charge is 0.335 e. The second-order valence-electron chi connectivity index (χ2n) is 10.9. The lowest BCUT2D eigenvalue weighted by Gasteiger charge is -2.60. The Bertz CT molecular complexity index is 719. The van der Waals surface area contributed by atoms with Crippen molar-refractivity contribution in [3.05, 3.63) is 23.8 Å². The molecule has 0 saturated heterocycles. The number of aliphatic carboxylic acids is 1. The minimum Gasteiger partial charge on any atom is -0.481 e. The quantitative estimate of drug-likeness (QED) is 0.388. The van der Waals surface area contributed by atoms with E-state index in [-0.39, 0.29) is 41.1 Å². The van der Waals surface area contributed by atoms with Crippen molar-refractivity contribution in [1.82, 2.24) is 0 Å². The number of esters is 1. The summed E-state index contributed by atoms with van der Waals surface area (Å²) in [4.78, 5) is 24.3. The number of carbonyl (C=O) groups is 2. The van der Waals surface area contributed by atoms with Crippen molar-refractivity contribution in [2.75, 3.05) is 0 Å². The third-order valence-corrected chi connectivity index (χ3v) is 8.06. The van der Waals surface area contributed by atoms with Gasteiger partial charge >= 0.3 is 11.9 Å². The maximum Gasteiger partial charge on any atom is 0.335 e. The number of aliphatic hydroxyl groups excluding tert-OH is 1. The fraction of sp³-hybridized carbons (Fsp3) is 0.769. The molecule has 5 heteroatoms. The molecular formula is C26H42O5. The first-order chi connectivity index (χ1) is 14.3. The summed E-state index contributed by atoms with van der Waals surface area (Å²) in [5.41, 5.74) is 1.82. The number of carbonyl (C=O) groups excluding carboxylic acids is 1. The molecule has 6 atom stereocenters. The Labute approximate surface area is 187 Å². The maximum atomic E-state index is 12.6. The summed E-state index contributed by atoms with van der Waals surface area (Å²) in [5, 5.41) is 19.8. The van der Waals surface area contributed by atoms with Crippen LogP contribution < -0.4 is 0 Å². The molecule has 0 aromatic carbocycles. The van der Waals surface area contributed by atoms with Crippen LogP contribution in [0.1, 0.15) is 86.5 Å². The van der Waals surface area contributed by atoms with Gasteiger partial charge in [-0.05, 0) is 75.5 Å². The molecule has 2 N–H and O–H groups in total. The van der Waals surface area contributed by atoms with Crippen LogP contribution in [0, 0.1) is 28.6 Å². The second kappa shape index (κ2) is 9.89. The third-order valence-electron chi connectivity index (χ3n) is 8.06. The predicted octanol–water partition coefficient (Wildman–Crippen LogP) is 5.53. The SMILES string of the molecule is C=C1CCC2C(C)(CCC=C(C)C)C(OC(=O)C(O)C(C)C)CCC2(C)C1CC(=O)O. The average molecular weight is 435 g/mol. The summed E-state index contributed by atoms with van der Waals surface area (Å²) in [6.07, 6.45) is 5.87. The zero-order valence-corrected chi connectivity index (χ0v) is 20.2. The molecule has 0 radical (unpaired) electrons. The monoisotopic (exact) mass is 434 g/mol. The van der Waals surface area contributed by atoms with Gasteiger partial charge in [-0.2, -0.15) is 0 Å². The molecule has 0 aliphatic heterocycles. The summed E-state index contributed by atoms with van der Waals surface area (Å²) in [6, 6.07) is 0. The fourth-order valence-electron chi connectivity index (χ4n) is 6.21. The van der Waals surface area contributed by atoms with Crippen molar-refractivity contribution in [3.63, 3.8) is 0 Å². The van der Waals surface area contributed by atoms with Crippen LogP contribution in [0.2, 0.25) is 0 Å². The van der Waals surface area contributed by atoms with Crippen LogP contribution in [0.15, 0.2) is 23.8 Å². The van der Waals surface area contributed by atoms with Crippen LogP contribution in [0.25, 0.3) is 0 Å². The molecular weight excluding hydrogens is 392 g/mol. The molecule has 2 aliphatic carbocycles. The molecule has 0 aromatic rings. The van der Waals surface area contributed by atoms with E-state index in [1.165, 1.54) is 5.57 Å². The van der Waals surface area contributed by atoms with Gasteiger partial charge in [-0.1, -0.05) is 51.5 Å². The van der Waals surface area contributed by atoms with E-state index in [9.17, 15) is 19.8 Å². The highest BCUT2D eigenvalue weighted by molar-refractivity contribution is 5.75. The molecule has 0 spiro atoms. The Hall–Kier alpha value is -1.62. The lowest BCUT2D eigenvalue weighted by atomic mass is 9.45. The van der Waals surface area contributed by atoms with E-state index in [0.717, 1.165) is 37.7 Å². The van der Waals surface area contributed by atoms with Gasteiger partial charge in [0.05, 0.1) is 6.42 Å². The normalized spacial score (nSPS) is 34.1. The van der Waals surface area contributed by atoms with Gasteiger partial charge in [0, 0.05) is 5.41 Å². The number of hydrogen-bond donors (Lipinski definition) is 2. The highest BCUT2D eigenvalue weighted by Crippen LogP contribution is 2.63. The molecule has 2 rings (SSSR count). The van der Waals surface area contributed by atoms with Gasteiger partial charge in [0.15, 0.2) is 6.10 Å². The van der Waals surface area contributed by atoms with E-state index in [1.807, 2.05) is 0 Å². The molecule has 2 fully saturated rings. The van der Waals surface area contributed by atoms with Crippen LogP contribution in [-0.2, 0) is 14.3 Å². The van der Waals surface area contributed by atoms with Gasteiger partial charge in [-0.15, -0.1) is 0 Å². The molecule has 176 valence electrons. The van der Waals surface area contributed by atoms with E-state index in [1.54, 1.807) is 13.8 Å². The Balaban J connectivity index is 2.40. The Morgan fingerprint density at radius 2 is 1.90 bits per heavy atom. The van der Waals surface area contributed by atoms with E-state index in [2.05, 4.69) is 40.3 Å². The van der Waals surface area contributed by atoms with E-state index >= 15 is 0 Å². The van der Waals surface area contributed by atoms with Crippen molar-refractivity contribution in [1.29, 1.82) is 0 Å². The first-order valence-corrected chi connectivity index (χ1v) is 11.7. The summed E-state index contributed by atoms with van der Waals surface area (Å²) in [6.45, 7) is 16.4. The largest absolute Gasteiger partial charge is 0.481 e. The predicted molar refractivity (Wildman–Crippen MR) is 122 cm³/mol. The lowest BCUT2D eigenvalue weighted by molar-refractivity contribution is -0.190. The lowest BCUT2D eigenvalue weighted by Crippen LogP contribution is -2.57. The number of allylic oxidation sites excluding steroid dienone is 3. The van der Waals surface area contributed by atoms with Gasteiger partial charge < -0.3 is 14.9 Å². The molecule has 6 unspecified atom stereocenters. The first-order valence-electron chi connectivity index (χ1n) is 11.7. The number of aliphatic hydroxyl groups is 1. The van der Waals surface area contributed by atoms with E-state index in [4.69, 9.17) is 4.74 Å². The average Bonchev–Trinajstić information content (AvgIpc) is 2.66. The van der Waals surface area contributed by atoms with Gasteiger partial charge in [-0.3, -0.25) is 4.79 Å². The number of ether oxygens (including phenoxy) is 1. The number of hydrogen-bond acceptors (Lipinski definition) is 4. The maximum absolute atomic E-state index is 12.6. The van der Waals surface area contributed by atoms with Crippen molar-refractivity contribution in [2.45, 2.75) is 98.7 Å². The molecule has 31 heavy (non-hydrogen) atoms. The van der Waals surface area contributed by atoms with Crippen LogP contribution in [0.4, 0.5) is 0 Å². The molecule has 2 saturated carbocycles. The van der Waals surface area contributed by atoms with Crippen LogP contribution in [0.3, 0.4) is 0 Å². The Kier molecular flexibility index (Phi) is 8.18. The second-order valence-corrected chi connectivity index (χ2v) is 10.9. The molecule has 0 bridgehead atoms. The highest BCUT2D eigenvalue weighted by atomic mass is 16.6. The molecule has 5 nitrogen and oxygen atoms in total. The van der Waals surface area contributed by atoms with Crippen LogP contribution >= 0.6 is 0 Å². The van der Waals surface area contributed by atoms with Crippen molar-refractivity contribution in [2.24, 2.45) is 28.6 Å². The highest BCUT2D eigenvalue weighted by Gasteiger charge is 2.59. The standard InChI is InChI=1S/C26H42O5/c1-16(2)9-8-13-26(7)20-11-10-18(5)19(15-22(27)28)25(20,6)14-12-21(26)31-24(30)23(29)17(3)4/h9,17,19-21,23,29H,5,8,10-15H2,1-4,6-7H3,(H,27,28). The zero-order valence-electron chi connectivity index (χ0n) is 20.2. The van der Waals surface area contributed by atoms with Gasteiger partial charge in [0.2, 0.25) is 0 Å². The molecule has 2 aliphatic rings. The van der Waals surface area contributed by atoms with Crippen molar-refractivity contribution in [3.8, 4) is 0 Å². The Morgan fingerprint density at radius 3 is 2.45 bits per heavy atom. The summed E-state index contributed by atoms with van der Waals surface area (Å²) in [5.74, 6) is -1.36. The topological polar surface area (TPSA) is 83.8 Å². The minimum atomic E-state index is -1.12. The number of rotatable bonds is 8. The molecule has 0 aromatic heterocycles. The summed E-state index contributed by atoms with van der Waals surface area (Å²) in [7, 11) is 0. The summed E-state index contributed by atoms with van der Waals surface area (Å²) < 4.78 is 5.98. The first kappa shape index (κ1) is 25.6. The van der Waals surface area contributed by atoms with E-state index < -0.39 is 18.0 Å². The number of carboxylic acids is 1. The molecule has 0 heterocycles. The van der Waals surface area contributed by atoms with Gasteiger partial charge in [0.1, 0.15) is 6.10 Å². The van der Waals surface area contributed by atoms with Gasteiger partial charge in [-0.25, -0.2) is 4.79 Å². The third kappa shape index (κ3) is 5.42. The Morgan fingerprint density at radius 1 is 1.26 bits per heavy atom. The zero-order chi connectivity index (χ0) is 23.6. The van der Waals surface area contributed by atoms with Crippen molar-refractivity contribution < 1.29 is 24.5 Å². The number of carboxylic acid groups (broad SMARTS) is 1. The minimum absolute atomic E-state index is 0.0653. The molecule has 0 amide bonds. The van der Waals surface area contributed by atoms with Gasteiger partial charge in [0.25, 0.3) is 0 Å². The number of fused-ring (bicyclic) bond motifs is 1. The van der Waals surface area contributed by atoms with Crippen LogP contribution in [0.5, 0.6) is 0 Å². The van der Waals surface area contributed by atoms with Crippen LogP contribution in [-0.4, -0.2) is 34.4 Å². The fourth-order valence-corrected chi connectivity index (χ4v) is 6.21.